The van der Waals surface area contributed by atoms with E-state index in [-0.39, 0.29) is 5.82 Å². The standard InChI is InChI=1S/C13H9BrClF/c14-8-10-4-2-6-12(13(10)15)9-3-1-5-11(16)7-9/h1-7H,8H2. The van der Waals surface area contributed by atoms with Gasteiger partial charge >= 0.3 is 0 Å². The third kappa shape index (κ3) is 2.28. The van der Waals surface area contributed by atoms with E-state index in [1.165, 1.54) is 12.1 Å². The number of rotatable bonds is 2. The molecule has 0 aliphatic heterocycles. The van der Waals surface area contributed by atoms with Crippen molar-refractivity contribution < 1.29 is 4.39 Å². The lowest BCUT2D eigenvalue weighted by atomic mass is 10.0. The first-order valence-corrected chi connectivity index (χ1v) is 6.31. The molecule has 0 fully saturated rings. The van der Waals surface area contributed by atoms with E-state index in [4.69, 9.17) is 11.6 Å². The smallest absolute Gasteiger partial charge is 0.123 e. The molecule has 0 aliphatic rings. The molecule has 0 aromatic heterocycles. The van der Waals surface area contributed by atoms with Crippen molar-refractivity contribution in [2.45, 2.75) is 5.33 Å². The molecule has 0 amide bonds. The zero-order chi connectivity index (χ0) is 11.5. The van der Waals surface area contributed by atoms with Crippen LogP contribution < -0.4 is 0 Å². The van der Waals surface area contributed by atoms with Gasteiger partial charge in [0.2, 0.25) is 0 Å². The van der Waals surface area contributed by atoms with Crippen LogP contribution in [0.15, 0.2) is 42.5 Å². The van der Waals surface area contributed by atoms with Gasteiger partial charge in [0.15, 0.2) is 0 Å². The highest BCUT2D eigenvalue weighted by Crippen LogP contribution is 2.31. The molecule has 0 saturated carbocycles. The summed E-state index contributed by atoms with van der Waals surface area (Å²) in [5, 5.41) is 1.36. The van der Waals surface area contributed by atoms with Gasteiger partial charge in [0, 0.05) is 10.9 Å². The van der Waals surface area contributed by atoms with Crippen LogP contribution in [0.4, 0.5) is 4.39 Å². The molecule has 2 aromatic rings. The molecule has 82 valence electrons. The summed E-state index contributed by atoms with van der Waals surface area (Å²) in [4.78, 5) is 0. The Kier molecular flexibility index (Phi) is 3.62. The highest BCUT2D eigenvalue weighted by Gasteiger charge is 2.07. The Labute approximate surface area is 107 Å². The summed E-state index contributed by atoms with van der Waals surface area (Å²) in [6.07, 6.45) is 0. The minimum Gasteiger partial charge on any atom is -0.207 e. The molecular weight excluding hydrogens is 290 g/mol. The molecule has 3 heteroatoms. The minimum absolute atomic E-state index is 0.252. The Morgan fingerprint density at radius 1 is 1.12 bits per heavy atom. The minimum atomic E-state index is -0.252. The predicted octanol–water partition coefficient (Wildman–Crippen LogP) is 5.04. The van der Waals surface area contributed by atoms with E-state index in [9.17, 15) is 4.39 Å². The summed E-state index contributed by atoms with van der Waals surface area (Å²) in [6.45, 7) is 0. The molecule has 0 N–H and O–H groups in total. The lowest BCUT2D eigenvalue weighted by molar-refractivity contribution is 0.628. The maximum absolute atomic E-state index is 13.1. The number of halogens is 3. The van der Waals surface area contributed by atoms with Gasteiger partial charge in [-0.1, -0.05) is 57.9 Å². The Balaban J connectivity index is 2.56. The van der Waals surface area contributed by atoms with E-state index in [1.807, 2.05) is 24.3 Å². The highest BCUT2D eigenvalue weighted by atomic mass is 79.9. The van der Waals surface area contributed by atoms with Crippen molar-refractivity contribution in [3.05, 3.63) is 58.9 Å². The molecule has 0 aliphatic carbocycles. The van der Waals surface area contributed by atoms with Gasteiger partial charge in [-0.2, -0.15) is 0 Å². The fraction of sp³-hybridized carbons (Fsp3) is 0.0769. The second-order valence-corrected chi connectivity index (χ2v) is 4.36. The quantitative estimate of drug-likeness (QED) is 0.681. The lowest BCUT2D eigenvalue weighted by Gasteiger charge is -2.07. The third-order valence-electron chi connectivity index (χ3n) is 2.36. The van der Waals surface area contributed by atoms with Gasteiger partial charge in [-0.3, -0.25) is 0 Å². The van der Waals surface area contributed by atoms with Gasteiger partial charge < -0.3 is 0 Å². The summed E-state index contributed by atoms with van der Waals surface area (Å²) in [6, 6.07) is 12.2. The number of benzene rings is 2. The van der Waals surface area contributed by atoms with Crippen LogP contribution in [-0.4, -0.2) is 0 Å². The van der Waals surface area contributed by atoms with Crippen molar-refractivity contribution in [2.75, 3.05) is 0 Å². The van der Waals surface area contributed by atoms with Gasteiger partial charge in [0.25, 0.3) is 0 Å². The first-order valence-electron chi connectivity index (χ1n) is 4.81. The van der Waals surface area contributed by atoms with Crippen LogP contribution in [0.1, 0.15) is 5.56 Å². The predicted molar refractivity (Wildman–Crippen MR) is 69.5 cm³/mol. The first-order chi connectivity index (χ1) is 7.72. The second kappa shape index (κ2) is 4.98. The third-order valence-corrected chi connectivity index (χ3v) is 3.41. The van der Waals surface area contributed by atoms with Crippen LogP contribution in [0.5, 0.6) is 0 Å². The molecule has 0 saturated heterocycles. The SMILES string of the molecule is Fc1cccc(-c2cccc(CBr)c2Cl)c1. The maximum Gasteiger partial charge on any atom is 0.123 e. The Hall–Kier alpha value is -0.860. The topological polar surface area (TPSA) is 0 Å². The molecule has 2 aromatic carbocycles. The van der Waals surface area contributed by atoms with Gasteiger partial charge in [-0.25, -0.2) is 4.39 Å². The fourth-order valence-electron chi connectivity index (χ4n) is 1.56. The average Bonchev–Trinajstić information content (AvgIpc) is 2.29. The molecule has 0 heterocycles. The molecule has 0 nitrogen and oxygen atoms in total. The molecule has 0 bridgehead atoms. The van der Waals surface area contributed by atoms with Crippen LogP contribution in [0.2, 0.25) is 5.02 Å². The second-order valence-electron chi connectivity index (χ2n) is 3.42. The monoisotopic (exact) mass is 298 g/mol. The number of alkyl halides is 1. The average molecular weight is 300 g/mol. The lowest BCUT2D eigenvalue weighted by Crippen LogP contribution is -1.86. The molecule has 0 unspecified atom stereocenters. The number of hydrogen-bond donors (Lipinski definition) is 0. The van der Waals surface area contributed by atoms with E-state index in [1.54, 1.807) is 6.07 Å². The molecule has 0 atom stereocenters. The molecule has 16 heavy (non-hydrogen) atoms. The van der Waals surface area contributed by atoms with Crippen molar-refractivity contribution in [3.8, 4) is 11.1 Å². The van der Waals surface area contributed by atoms with Crippen molar-refractivity contribution >= 4 is 27.5 Å². The van der Waals surface area contributed by atoms with E-state index in [0.717, 1.165) is 16.7 Å². The summed E-state index contributed by atoms with van der Waals surface area (Å²) in [7, 11) is 0. The van der Waals surface area contributed by atoms with Crippen LogP contribution in [0.3, 0.4) is 0 Å². The summed E-state index contributed by atoms with van der Waals surface area (Å²) >= 11 is 9.61. The van der Waals surface area contributed by atoms with E-state index in [0.29, 0.717) is 10.4 Å². The van der Waals surface area contributed by atoms with Gasteiger partial charge in [-0.05, 0) is 23.3 Å². The summed E-state index contributed by atoms with van der Waals surface area (Å²) in [5.74, 6) is -0.252. The molecule has 2 rings (SSSR count). The van der Waals surface area contributed by atoms with Crippen LogP contribution >= 0.6 is 27.5 Å². The zero-order valence-corrected chi connectivity index (χ0v) is 10.7. The van der Waals surface area contributed by atoms with Crippen molar-refractivity contribution in [1.29, 1.82) is 0 Å². The largest absolute Gasteiger partial charge is 0.207 e. The Morgan fingerprint density at radius 3 is 2.56 bits per heavy atom. The van der Waals surface area contributed by atoms with Crippen LogP contribution in [0, 0.1) is 5.82 Å². The van der Waals surface area contributed by atoms with E-state index < -0.39 is 0 Å². The summed E-state index contributed by atoms with van der Waals surface area (Å²) < 4.78 is 13.1. The zero-order valence-electron chi connectivity index (χ0n) is 8.38. The normalized spacial score (nSPS) is 10.4. The molecular formula is C13H9BrClF. The van der Waals surface area contributed by atoms with Gasteiger partial charge in [0.05, 0.1) is 5.02 Å². The van der Waals surface area contributed by atoms with Crippen LogP contribution in [0.25, 0.3) is 11.1 Å². The van der Waals surface area contributed by atoms with Gasteiger partial charge in [-0.15, -0.1) is 0 Å². The number of hydrogen-bond acceptors (Lipinski definition) is 0. The Morgan fingerprint density at radius 2 is 1.88 bits per heavy atom. The van der Waals surface area contributed by atoms with E-state index in [2.05, 4.69) is 15.9 Å². The van der Waals surface area contributed by atoms with Crippen molar-refractivity contribution in [3.63, 3.8) is 0 Å². The highest BCUT2D eigenvalue weighted by molar-refractivity contribution is 9.08. The van der Waals surface area contributed by atoms with Crippen LogP contribution in [-0.2, 0) is 5.33 Å². The summed E-state index contributed by atoms with van der Waals surface area (Å²) in [5.41, 5.74) is 2.66. The Bertz CT molecular complexity index is 511. The van der Waals surface area contributed by atoms with E-state index >= 15 is 0 Å². The molecule has 0 spiro atoms. The maximum atomic E-state index is 13.1. The molecule has 0 radical (unpaired) electrons. The van der Waals surface area contributed by atoms with Crippen molar-refractivity contribution in [2.24, 2.45) is 0 Å². The van der Waals surface area contributed by atoms with Crippen molar-refractivity contribution in [1.82, 2.24) is 0 Å². The van der Waals surface area contributed by atoms with Gasteiger partial charge in [0.1, 0.15) is 5.82 Å². The first kappa shape index (κ1) is 11.6. The fourth-order valence-corrected chi connectivity index (χ4v) is 2.49.